The molecule has 1 fully saturated rings. The van der Waals surface area contributed by atoms with Gasteiger partial charge in [-0.2, -0.15) is 0 Å². The van der Waals surface area contributed by atoms with E-state index in [9.17, 15) is 18.0 Å². The molecule has 0 aliphatic carbocycles. The molecule has 9 heteroatoms. The highest BCUT2D eigenvalue weighted by Crippen LogP contribution is 2.28. The molecule has 2 N–H and O–H groups in total. The van der Waals surface area contributed by atoms with Crippen LogP contribution in [-0.4, -0.2) is 67.6 Å². The van der Waals surface area contributed by atoms with Gasteiger partial charge in [0.1, 0.15) is 0 Å². The van der Waals surface area contributed by atoms with Crippen LogP contribution >= 0.6 is 0 Å². The van der Waals surface area contributed by atoms with E-state index in [1.807, 2.05) is 13.8 Å². The molecule has 0 aromatic heterocycles. The van der Waals surface area contributed by atoms with Crippen molar-refractivity contribution in [2.75, 3.05) is 32.9 Å². The van der Waals surface area contributed by atoms with Gasteiger partial charge in [0, 0.05) is 26.7 Å². The molecule has 0 bridgehead atoms. The van der Waals surface area contributed by atoms with Gasteiger partial charge in [-0.05, 0) is 38.0 Å². The second kappa shape index (κ2) is 10.2. The Morgan fingerprint density at radius 3 is 2.19 bits per heavy atom. The summed E-state index contributed by atoms with van der Waals surface area (Å²) in [5.74, 6) is -1.87. The molecule has 0 aromatic carbocycles. The second-order valence-corrected chi connectivity index (χ2v) is 9.67. The van der Waals surface area contributed by atoms with E-state index in [1.54, 1.807) is 10.4 Å². The number of likely N-dealkylation sites (tertiary alicyclic amines) is 1. The third-order valence-electron chi connectivity index (χ3n) is 4.96. The number of sulfonamides is 1. The fraction of sp³-hybridized carbons (Fsp3) is 0.882. The van der Waals surface area contributed by atoms with Gasteiger partial charge >= 0.3 is 0 Å². The van der Waals surface area contributed by atoms with E-state index < -0.39 is 27.8 Å². The van der Waals surface area contributed by atoms with Crippen molar-refractivity contribution in [1.82, 2.24) is 14.7 Å². The quantitative estimate of drug-likeness (QED) is 0.451. The molecule has 0 aromatic rings. The summed E-state index contributed by atoms with van der Waals surface area (Å²) >= 11 is 0. The summed E-state index contributed by atoms with van der Waals surface area (Å²) in [4.78, 5) is 27.2. The first-order valence-corrected chi connectivity index (χ1v) is 11.1. The van der Waals surface area contributed by atoms with Crippen molar-refractivity contribution in [2.24, 2.45) is 17.8 Å². The lowest BCUT2D eigenvalue weighted by molar-refractivity contribution is -0.146. The van der Waals surface area contributed by atoms with Gasteiger partial charge in [-0.1, -0.05) is 13.8 Å². The van der Waals surface area contributed by atoms with Gasteiger partial charge in [-0.3, -0.25) is 14.8 Å². The third-order valence-corrected chi connectivity index (χ3v) is 6.28. The number of nitrogens with zero attached hydrogens (tertiary/aromatic N) is 2. The number of hydrogen-bond acceptors (Lipinski definition) is 5. The number of piperidine rings is 1. The van der Waals surface area contributed by atoms with Crippen LogP contribution in [0.2, 0.25) is 0 Å². The highest BCUT2D eigenvalue weighted by atomic mass is 32.2. The van der Waals surface area contributed by atoms with Crippen molar-refractivity contribution in [2.45, 2.75) is 46.0 Å². The number of amides is 2. The Morgan fingerprint density at radius 2 is 1.73 bits per heavy atom. The number of nitrogens with one attached hydrogen (secondary N) is 1. The van der Waals surface area contributed by atoms with Crippen LogP contribution in [0.5, 0.6) is 0 Å². The predicted octanol–water partition coefficient (Wildman–Crippen LogP) is 1.06. The van der Waals surface area contributed by atoms with E-state index in [2.05, 4.69) is 0 Å². The molecule has 1 saturated heterocycles. The van der Waals surface area contributed by atoms with E-state index >= 15 is 0 Å². The van der Waals surface area contributed by atoms with E-state index in [0.717, 1.165) is 29.8 Å². The predicted molar refractivity (Wildman–Crippen MR) is 98.9 cm³/mol. The fourth-order valence-corrected chi connectivity index (χ4v) is 3.82. The van der Waals surface area contributed by atoms with Crippen LogP contribution in [0.25, 0.3) is 0 Å². The molecule has 2 amide bonds. The Bertz CT molecular complexity index is 573. The Kier molecular flexibility index (Phi) is 8.99. The minimum Gasteiger partial charge on any atom is -0.342 e. The van der Waals surface area contributed by atoms with Gasteiger partial charge in [-0.25, -0.2) is 18.2 Å². The smallest absolute Gasteiger partial charge is 0.247 e. The van der Waals surface area contributed by atoms with Crippen LogP contribution in [0.3, 0.4) is 0 Å². The van der Waals surface area contributed by atoms with Gasteiger partial charge in [0.15, 0.2) is 0 Å². The summed E-state index contributed by atoms with van der Waals surface area (Å²) in [5, 5.41) is 9.15. The number of hydrogen-bond donors (Lipinski definition) is 2. The van der Waals surface area contributed by atoms with E-state index in [1.165, 1.54) is 7.05 Å². The Morgan fingerprint density at radius 1 is 1.15 bits per heavy atom. The average Bonchev–Trinajstić information content (AvgIpc) is 2.59. The van der Waals surface area contributed by atoms with Crippen LogP contribution < -0.4 is 5.48 Å². The third kappa shape index (κ3) is 6.85. The van der Waals surface area contributed by atoms with Crippen LogP contribution in [0.4, 0.5) is 0 Å². The monoisotopic (exact) mass is 391 g/mol. The Labute approximate surface area is 156 Å². The molecule has 2 atom stereocenters. The van der Waals surface area contributed by atoms with Crippen LogP contribution in [0, 0.1) is 17.8 Å². The standard InChI is InChI=1S/C17H33N3O5S/c1-13(2)12-15(17(22)20-9-6-5-7-10-20)14(16(21)18-23)8-11-19(3)26(4,24)25/h13-15,23H,5-12H2,1-4H3,(H,18,21)/t14-,15+/m0/s1. The zero-order valence-corrected chi connectivity index (χ0v) is 17.1. The molecule has 0 spiro atoms. The minimum atomic E-state index is -3.38. The molecule has 0 unspecified atom stereocenters. The summed E-state index contributed by atoms with van der Waals surface area (Å²) < 4.78 is 24.4. The molecular formula is C17H33N3O5S. The largest absolute Gasteiger partial charge is 0.342 e. The molecule has 1 heterocycles. The van der Waals surface area contributed by atoms with Gasteiger partial charge in [0.25, 0.3) is 0 Å². The van der Waals surface area contributed by atoms with Crippen LogP contribution in [0.1, 0.15) is 46.0 Å². The van der Waals surface area contributed by atoms with Crippen molar-refractivity contribution < 1.29 is 23.2 Å². The average molecular weight is 392 g/mol. The molecular weight excluding hydrogens is 358 g/mol. The maximum Gasteiger partial charge on any atom is 0.247 e. The SMILES string of the molecule is CC(C)C[C@@H](C(=O)N1CCCCC1)[C@H](CCN(C)S(C)(=O)=O)C(=O)NO. The van der Waals surface area contributed by atoms with Crippen molar-refractivity contribution in [3.8, 4) is 0 Å². The first-order valence-electron chi connectivity index (χ1n) is 9.22. The first kappa shape index (κ1) is 22.9. The second-order valence-electron chi connectivity index (χ2n) is 7.58. The highest BCUT2D eigenvalue weighted by molar-refractivity contribution is 7.88. The zero-order valence-electron chi connectivity index (χ0n) is 16.3. The normalized spacial score (nSPS) is 18.0. The lowest BCUT2D eigenvalue weighted by Crippen LogP contribution is -2.46. The number of carbonyl (C=O) groups excluding carboxylic acids is 2. The summed E-state index contributed by atoms with van der Waals surface area (Å²) in [7, 11) is -1.94. The van der Waals surface area contributed by atoms with Crippen molar-refractivity contribution in [1.29, 1.82) is 0 Å². The highest BCUT2D eigenvalue weighted by Gasteiger charge is 2.37. The lowest BCUT2D eigenvalue weighted by atomic mass is 9.81. The summed E-state index contributed by atoms with van der Waals surface area (Å²) in [5.41, 5.74) is 1.66. The van der Waals surface area contributed by atoms with Crippen molar-refractivity contribution in [3.63, 3.8) is 0 Å². The van der Waals surface area contributed by atoms with Gasteiger partial charge in [0.2, 0.25) is 21.8 Å². The van der Waals surface area contributed by atoms with E-state index in [0.29, 0.717) is 19.5 Å². The Balaban J connectivity index is 3.00. The molecule has 1 aliphatic rings. The maximum absolute atomic E-state index is 13.1. The molecule has 1 rings (SSSR count). The van der Waals surface area contributed by atoms with E-state index in [-0.39, 0.29) is 24.8 Å². The van der Waals surface area contributed by atoms with Crippen LogP contribution in [-0.2, 0) is 19.6 Å². The molecule has 8 nitrogen and oxygen atoms in total. The zero-order chi connectivity index (χ0) is 19.9. The minimum absolute atomic E-state index is 0.0750. The molecule has 0 saturated carbocycles. The topological polar surface area (TPSA) is 107 Å². The van der Waals surface area contributed by atoms with Gasteiger partial charge < -0.3 is 4.90 Å². The van der Waals surface area contributed by atoms with E-state index in [4.69, 9.17) is 5.21 Å². The van der Waals surface area contributed by atoms with Crippen molar-refractivity contribution >= 4 is 21.8 Å². The first-order chi connectivity index (χ1) is 12.1. The molecule has 152 valence electrons. The lowest BCUT2D eigenvalue weighted by Gasteiger charge is -2.34. The fourth-order valence-electron chi connectivity index (χ4n) is 3.38. The summed E-state index contributed by atoms with van der Waals surface area (Å²) in [6.07, 6.45) is 4.78. The number of hydroxylamine groups is 1. The maximum atomic E-state index is 13.1. The van der Waals surface area contributed by atoms with Gasteiger partial charge in [0.05, 0.1) is 18.1 Å². The van der Waals surface area contributed by atoms with Crippen molar-refractivity contribution in [3.05, 3.63) is 0 Å². The number of carbonyl (C=O) groups is 2. The number of rotatable bonds is 9. The summed E-state index contributed by atoms with van der Waals surface area (Å²) in [6.45, 7) is 5.44. The molecule has 0 radical (unpaired) electrons. The Hall–Kier alpha value is -1.19. The summed E-state index contributed by atoms with van der Waals surface area (Å²) in [6, 6.07) is 0. The van der Waals surface area contributed by atoms with Gasteiger partial charge in [-0.15, -0.1) is 0 Å². The van der Waals surface area contributed by atoms with Crippen LogP contribution in [0.15, 0.2) is 0 Å². The molecule has 1 aliphatic heterocycles. The molecule has 26 heavy (non-hydrogen) atoms.